The maximum atomic E-state index is 13.8. The number of carbonyl (C=O) groups excluding carboxylic acids is 2. The molecule has 1 N–H and O–H groups in total. The van der Waals surface area contributed by atoms with Gasteiger partial charge in [-0.3, -0.25) is 9.59 Å². The first-order valence-electron chi connectivity index (χ1n) is 10.9. The molecule has 0 aliphatic carbocycles. The Labute approximate surface area is 224 Å². The molecule has 12 heteroatoms. The highest BCUT2D eigenvalue weighted by Crippen LogP contribution is 2.41. The van der Waals surface area contributed by atoms with Crippen LogP contribution in [-0.4, -0.2) is 30.6 Å². The van der Waals surface area contributed by atoms with Gasteiger partial charge in [-0.25, -0.2) is 0 Å². The molecule has 0 fully saturated rings. The second-order valence-electron chi connectivity index (χ2n) is 8.32. The summed E-state index contributed by atoms with van der Waals surface area (Å²) in [4.78, 5) is 24.8. The second kappa shape index (κ2) is 12.5. The van der Waals surface area contributed by atoms with Gasteiger partial charge in [0.25, 0.3) is 0 Å². The largest absolute Gasteiger partial charge is 0.405 e. The standard InChI is InChI=1S/C25H22Cl3F6NO2/c1-3-15(23(37)35-12-24(29,30)31)11-21(36)17-6-4-14(8-13(17)2)5-7-18(25(32,33)34)16-9-19(26)22(28)20(27)10-16/h4-10,15,18H,3,11-12H2,1-2H3,(H,35,37)/b7-5+/t15-,18?/m1/s1. The number of benzene rings is 2. The molecular weight excluding hydrogens is 567 g/mol. The number of nitrogens with one attached hydrogen (secondary N) is 1. The summed E-state index contributed by atoms with van der Waals surface area (Å²) in [6.07, 6.45) is -7.25. The van der Waals surface area contributed by atoms with Gasteiger partial charge < -0.3 is 5.32 Å². The molecule has 0 aromatic heterocycles. The molecule has 2 aromatic rings. The van der Waals surface area contributed by atoms with Crippen LogP contribution in [0.4, 0.5) is 26.3 Å². The zero-order valence-electron chi connectivity index (χ0n) is 19.5. The molecule has 0 bridgehead atoms. The van der Waals surface area contributed by atoms with E-state index in [1.807, 2.05) is 0 Å². The fourth-order valence-electron chi connectivity index (χ4n) is 3.56. The van der Waals surface area contributed by atoms with Crippen molar-refractivity contribution in [3.8, 4) is 0 Å². The van der Waals surface area contributed by atoms with Gasteiger partial charge in [0.1, 0.15) is 6.54 Å². The van der Waals surface area contributed by atoms with Crippen LogP contribution in [0.2, 0.25) is 15.1 Å². The monoisotopic (exact) mass is 587 g/mol. The van der Waals surface area contributed by atoms with E-state index in [9.17, 15) is 35.9 Å². The van der Waals surface area contributed by atoms with Crippen molar-refractivity contribution in [3.63, 3.8) is 0 Å². The second-order valence-corrected chi connectivity index (χ2v) is 9.51. The Hall–Kier alpha value is -2.23. The highest BCUT2D eigenvalue weighted by molar-refractivity contribution is 6.48. The van der Waals surface area contributed by atoms with E-state index in [0.717, 1.165) is 18.2 Å². The number of rotatable bonds is 9. The van der Waals surface area contributed by atoms with Gasteiger partial charge in [0.05, 0.1) is 21.0 Å². The first-order valence-corrected chi connectivity index (χ1v) is 12.0. The van der Waals surface area contributed by atoms with Crippen LogP contribution in [0.3, 0.4) is 0 Å². The van der Waals surface area contributed by atoms with E-state index in [2.05, 4.69) is 0 Å². The molecule has 0 heterocycles. The summed E-state index contributed by atoms with van der Waals surface area (Å²) in [5, 5.41) is 1.47. The van der Waals surface area contributed by atoms with E-state index < -0.39 is 42.4 Å². The fourth-order valence-corrected chi connectivity index (χ4v) is 4.18. The van der Waals surface area contributed by atoms with Crippen LogP contribution in [0.25, 0.3) is 6.08 Å². The molecule has 0 saturated heterocycles. The molecule has 1 amide bonds. The first kappa shape index (κ1) is 31.0. The summed E-state index contributed by atoms with van der Waals surface area (Å²) in [6, 6.07) is 6.48. The SMILES string of the molecule is CC[C@H](CC(=O)c1ccc(/C=C/C(c2cc(Cl)c(Cl)c(Cl)c2)C(F)(F)F)cc1C)C(=O)NCC(F)(F)F. The van der Waals surface area contributed by atoms with Gasteiger partial charge in [0.2, 0.25) is 5.91 Å². The lowest BCUT2D eigenvalue weighted by Crippen LogP contribution is -2.38. The Kier molecular flexibility index (Phi) is 10.5. The molecular formula is C25H22Cl3F6NO2. The summed E-state index contributed by atoms with van der Waals surface area (Å²) < 4.78 is 78.3. The van der Waals surface area contributed by atoms with E-state index >= 15 is 0 Å². The lowest BCUT2D eigenvalue weighted by molar-refractivity contribution is -0.140. The van der Waals surface area contributed by atoms with Crippen molar-refractivity contribution in [3.05, 3.63) is 73.7 Å². The van der Waals surface area contributed by atoms with Crippen molar-refractivity contribution >= 4 is 52.6 Å². The Morgan fingerprint density at radius 3 is 2.08 bits per heavy atom. The summed E-state index contributed by atoms with van der Waals surface area (Å²) in [7, 11) is 0. The number of allylic oxidation sites excluding steroid dienone is 1. The number of aryl methyl sites for hydroxylation is 1. The Bertz CT molecular complexity index is 1150. The minimum absolute atomic E-state index is 0.0592. The fraction of sp³-hybridized carbons (Fsp3) is 0.360. The third kappa shape index (κ3) is 8.93. The molecule has 0 saturated carbocycles. The van der Waals surface area contributed by atoms with E-state index in [1.54, 1.807) is 19.2 Å². The van der Waals surface area contributed by atoms with Crippen molar-refractivity contribution in [2.45, 2.75) is 45.0 Å². The van der Waals surface area contributed by atoms with Crippen LogP contribution >= 0.6 is 34.8 Å². The molecule has 0 radical (unpaired) electrons. The molecule has 0 spiro atoms. The topological polar surface area (TPSA) is 46.2 Å². The zero-order valence-corrected chi connectivity index (χ0v) is 21.8. The Morgan fingerprint density at radius 2 is 1.59 bits per heavy atom. The summed E-state index contributed by atoms with van der Waals surface area (Å²) in [5.41, 5.74) is 0.798. The molecule has 2 aromatic carbocycles. The van der Waals surface area contributed by atoms with Crippen LogP contribution in [-0.2, 0) is 4.79 Å². The molecule has 202 valence electrons. The average molecular weight is 589 g/mol. The number of hydrogen-bond donors (Lipinski definition) is 1. The minimum Gasteiger partial charge on any atom is -0.347 e. The Morgan fingerprint density at radius 1 is 1.00 bits per heavy atom. The molecule has 1 unspecified atom stereocenters. The van der Waals surface area contributed by atoms with Crippen molar-refractivity contribution in [2.75, 3.05) is 6.54 Å². The van der Waals surface area contributed by atoms with Gasteiger partial charge in [-0.2, -0.15) is 26.3 Å². The number of halogens is 9. The van der Waals surface area contributed by atoms with Crippen LogP contribution in [0.1, 0.15) is 52.7 Å². The van der Waals surface area contributed by atoms with Gasteiger partial charge in [-0.05, 0) is 42.2 Å². The van der Waals surface area contributed by atoms with Crippen molar-refractivity contribution in [1.29, 1.82) is 0 Å². The summed E-state index contributed by atoms with van der Waals surface area (Å²) >= 11 is 17.6. The zero-order chi connectivity index (χ0) is 28.1. The maximum absolute atomic E-state index is 13.8. The van der Waals surface area contributed by atoms with E-state index in [0.29, 0.717) is 11.1 Å². The molecule has 2 atom stereocenters. The first-order chi connectivity index (χ1) is 17.0. The number of amides is 1. The van der Waals surface area contributed by atoms with Gasteiger partial charge in [0.15, 0.2) is 5.78 Å². The molecule has 0 aliphatic rings. The number of ketones is 1. The van der Waals surface area contributed by atoms with Crippen LogP contribution < -0.4 is 5.32 Å². The lowest BCUT2D eigenvalue weighted by atomic mass is 9.92. The van der Waals surface area contributed by atoms with Gasteiger partial charge >= 0.3 is 12.4 Å². The lowest BCUT2D eigenvalue weighted by Gasteiger charge is -2.18. The number of Topliss-reactive ketones (excluding diaryl/α,β-unsaturated/α-hetero) is 1. The quantitative estimate of drug-likeness (QED) is 0.181. The number of alkyl halides is 6. The van der Waals surface area contributed by atoms with Gasteiger partial charge in [-0.1, -0.05) is 72.1 Å². The van der Waals surface area contributed by atoms with Crippen molar-refractivity contribution in [2.24, 2.45) is 5.92 Å². The van der Waals surface area contributed by atoms with E-state index in [4.69, 9.17) is 34.8 Å². The molecule has 0 aliphatic heterocycles. The van der Waals surface area contributed by atoms with E-state index in [-0.39, 0.29) is 39.0 Å². The number of carbonyl (C=O) groups is 2. The van der Waals surface area contributed by atoms with Crippen LogP contribution in [0.15, 0.2) is 36.4 Å². The summed E-state index contributed by atoms with van der Waals surface area (Å²) in [6.45, 7) is 1.64. The maximum Gasteiger partial charge on any atom is 0.405 e. The normalized spacial score (nSPS) is 14.0. The smallest absolute Gasteiger partial charge is 0.347 e. The predicted molar refractivity (Wildman–Crippen MR) is 132 cm³/mol. The third-order valence-electron chi connectivity index (χ3n) is 5.51. The van der Waals surface area contributed by atoms with E-state index in [1.165, 1.54) is 24.3 Å². The minimum atomic E-state index is -4.66. The summed E-state index contributed by atoms with van der Waals surface area (Å²) in [5.74, 6) is -4.35. The van der Waals surface area contributed by atoms with Crippen molar-refractivity contribution < 1.29 is 35.9 Å². The van der Waals surface area contributed by atoms with Gasteiger partial charge in [0, 0.05) is 17.9 Å². The van der Waals surface area contributed by atoms with Crippen molar-refractivity contribution in [1.82, 2.24) is 5.32 Å². The molecule has 3 nitrogen and oxygen atoms in total. The average Bonchev–Trinajstić information content (AvgIpc) is 2.78. The van der Waals surface area contributed by atoms with Gasteiger partial charge in [-0.15, -0.1) is 0 Å². The highest BCUT2D eigenvalue weighted by atomic mass is 35.5. The number of hydrogen-bond acceptors (Lipinski definition) is 2. The molecule has 2 rings (SSSR count). The highest BCUT2D eigenvalue weighted by Gasteiger charge is 2.39. The Balaban J connectivity index is 2.22. The van der Waals surface area contributed by atoms with Crippen LogP contribution in [0, 0.1) is 12.8 Å². The van der Waals surface area contributed by atoms with Crippen LogP contribution in [0.5, 0.6) is 0 Å². The molecule has 37 heavy (non-hydrogen) atoms. The third-order valence-corrected chi connectivity index (χ3v) is 6.71. The predicted octanol–water partition coefficient (Wildman–Crippen LogP) is 8.59.